The molecule has 2 heterocycles. The molecule has 24 heavy (non-hydrogen) atoms. The number of benzene rings is 1. The second-order valence-electron chi connectivity index (χ2n) is 6.45. The highest BCUT2D eigenvalue weighted by Gasteiger charge is 2.26. The summed E-state index contributed by atoms with van der Waals surface area (Å²) >= 11 is 0. The number of nitrogens with one attached hydrogen (secondary N) is 2. The fourth-order valence-electron chi connectivity index (χ4n) is 3.29. The average Bonchev–Trinajstić information content (AvgIpc) is 3.12. The molecule has 2 aliphatic rings. The molecule has 0 aromatic heterocycles. The predicted octanol–water partition coefficient (Wildman–Crippen LogP) is 1.32. The van der Waals surface area contributed by atoms with Gasteiger partial charge in [-0.15, -0.1) is 0 Å². The Balaban J connectivity index is 1.43. The normalized spacial score (nSPS) is 19.6. The van der Waals surface area contributed by atoms with Crippen LogP contribution in [0.25, 0.3) is 0 Å². The lowest BCUT2D eigenvalue weighted by Gasteiger charge is -2.24. The van der Waals surface area contributed by atoms with Gasteiger partial charge in [-0.3, -0.25) is 14.4 Å². The van der Waals surface area contributed by atoms with Crippen molar-refractivity contribution in [3.8, 4) is 0 Å². The lowest BCUT2D eigenvalue weighted by molar-refractivity contribution is -0.132. The molecular formula is C18H23N3O3. The van der Waals surface area contributed by atoms with Crippen LogP contribution < -0.4 is 10.6 Å². The Bertz CT molecular complexity index is 638. The van der Waals surface area contributed by atoms with Crippen molar-refractivity contribution in [1.82, 2.24) is 10.2 Å². The minimum atomic E-state index is -0.195. The van der Waals surface area contributed by atoms with Crippen LogP contribution in [0.4, 0.5) is 5.69 Å². The van der Waals surface area contributed by atoms with Gasteiger partial charge < -0.3 is 15.5 Å². The molecule has 2 N–H and O–H groups in total. The summed E-state index contributed by atoms with van der Waals surface area (Å²) in [5.74, 6) is -0.422. The van der Waals surface area contributed by atoms with Crippen LogP contribution in [-0.2, 0) is 20.8 Å². The fraction of sp³-hybridized carbons (Fsp3) is 0.500. The van der Waals surface area contributed by atoms with Crippen molar-refractivity contribution in [2.24, 2.45) is 5.92 Å². The zero-order chi connectivity index (χ0) is 16.9. The van der Waals surface area contributed by atoms with Crippen molar-refractivity contribution in [1.29, 1.82) is 0 Å². The van der Waals surface area contributed by atoms with Gasteiger partial charge in [0.1, 0.15) is 0 Å². The van der Waals surface area contributed by atoms with Crippen LogP contribution in [-0.4, -0.2) is 42.3 Å². The van der Waals surface area contributed by atoms with Crippen molar-refractivity contribution in [3.63, 3.8) is 0 Å². The molecule has 1 saturated heterocycles. The molecule has 0 saturated carbocycles. The second-order valence-corrected chi connectivity index (χ2v) is 6.45. The highest BCUT2D eigenvalue weighted by atomic mass is 16.2. The van der Waals surface area contributed by atoms with E-state index in [0.717, 1.165) is 37.2 Å². The van der Waals surface area contributed by atoms with Crippen molar-refractivity contribution >= 4 is 23.4 Å². The van der Waals surface area contributed by atoms with E-state index >= 15 is 0 Å². The van der Waals surface area contributed by atoms with Gasteiger partial charge in [0.2, 0.25) is 17.7 Å². The van der Waals surface area contributed by atoms with Crippen molar-refractivity contribution < 1.29 is 14.4 Å². The standard InChI is InChI=1S/C18H23N3O3/c22-16(19-12-17(23)21-9-3-4-10-21)8-7-14-11-13-5-1-2-6-15(13)20-18(14)24/h1-2,5-6,14H,3-4,7-12H2,(H,19,22)(H,20,24). The van der Waals surface area contributed by atoms with Crippen LogP contribution in [0.1, 0.15) is 31.2 Å². The SMILES string of the molecule is O=C(CCC1Cc2ccccc2NC1=O)NCC(=O)N1CCCC1. The number of amides is 3. The Morgan fingerprint density at radius 2 is 1.96 bits per heavy atom. The number of hydrogen-bond acceptors (Lipinski definition) is 3. The Morgan fingerprint density at radius 3 is 2.75 bits per heavy atom. The molecule has 6 heteroatoms. The lowest BCUT2D eigenvalue weighted by Crippen LogP contribution is -2.39. The highest BCUT2D eigenvalue weighted by Crippen LogP contribution is 2.27. The van der Waals surface area contributed by atoms with Crippen LogP contribution >= 0.6 is 0 Å². The van der Waals surface area contributed by atoms with Crippen molar-refractivity contribution in [2.45, 2.75) is 32.1 Å². The maximum Gasteiger partial charge on any atom is 0.241 e. The molecule has 1 atom stereocenters. The maximum atomic E-state index is 12.1. The molecule has 0 radical (unpaired) electrons. The first kappa shape index (κ1) is 16.5. The molecule has 1 aromatic rings. The van der Waals surface area contributed by atoms with Gasteiger partial charge in [-0.2, -0.15) is 0 Å². The van der Waals surface area contributed by atoms with Gasteiger partial charge in [-0.1, -0.05) is 18.2 Å². The topological polar surface area (TPSA) is 78.5 Å². The average molecular weight is 329 g/mol. The summed E-state index contributed by atoms with van der Waals surface area (Å²) < 4.78 is 0. The van der Waals surface area contributed by atoms with Crippen LogP contribution in [0.2, 0.25) is 0 Å². The summed E-state index contributed by atoms with van der Waals surface area (Å²) in [5.41, 5.74) is 1.96. The smallest absolute Gasteiger partial charge is 0.241 e. The van der Waals surface area contributed by atoms with E-state index in [9.17, 15) is 14.4 Å². The molecule has 2 aliphatic heterocycles. The third-order valence-corrected chi connectivity index (χ3v) is 4.73. The Labute approximate surface area is 141 Å². The summed E-state index contributed by atoms with van der Waals surface area (Å²) in [6.07, 6.45) is 3.48. The van der Waals surface area contributed by atoms with Gasteiger partial charge in [0, 0.05) is 31.1 Å². The molecule has 1 fully saturated rings. The van der Waals surface area contributed by atoms with Crippen LogP contribution in [0, 0.1) is 5.92 Å². The van der Waals surface area contributed by atoms with Gasteiger partial charge in [0.15, 0.2) is 0 Å². The number of fused-ring (bicyclic) bond motifs is 1. The maximum absolute atomic E-state index is 12.1. The van der Waals surface area contributed by atoms with E-state index in [1.165, 1.54) is 0 Å². The van der Waals surface area contributed by atoms with E-state index in [1.807, 2.05) is 24.3 Å². The largest absolute Gasteiger partial charge is 0.347 e. The zero-order valence-electron chi connectivity index (χ0n) is 13.7. The molecule has 6 nitrogen and oxygen atoms in total. The first-order valence-corrected chi connectivity index (χ1v) is 8.57. The summed E-state index contributed by atoms with van der Waals surface area (Å²) in [6.45, 7) is 1.63. The van der Waals surface area contributed by atoms with E-state index < -0.39 is 0 Å². The Hall–Kier alpha value is -2.37. The number of anilines is 1. The number of carbonyl (C=O) groups excluding carboxylic acids is 3. The molecule has 3 rings (SSSR count). The molecule has 3 amide bonds. The fourth-order valence-corrected chi connectivity index (χ4v) is 3.29. The van der Waals surface area contributed by atoms with E-state index in [2.05, 4.69) is 10.6 Å². The minimum absolute atomic E-state index is 0.0230. The van der Waals surface area contributed by atoms with Crippen LogP contribution in [0.15, 0.2) is 24.3 Å². The minimum Gasteiger partial charge on any atom is -0.347 e. The van der Waals surface area contributed by atoms with Gasteiger partial charge in [0.05, 0.1) is 6.54 Å². The first-order chi connectivity index (χ1) is 11.6. The van der Waals surface area contributed by atoms with E-state index in [0.29, 0.717) is 12.8 Å². The molecule has 0 aliphatic carbocycles. The molecule has 0 bridgehead atoms. The zero-order valence-corrected chi connectivity index (χ0v) is 13.7. The monoisotopic (exact) mass is 329 g/mol. The molecular weight excluding hydrogens is 306 g/mol. The number of para-hydroxylation sites is 1. The van der Waals surface area contributed by atoms with Gasteiger partial charge in [-0.25, -0.2) is 0 Å². The highest BCUT2D eigenvalue weighted by molar-refractivity contribution is 5.96. The quantitative estimate of drug-likeness (QED) is 0.855. The van der Waals surface area contributed by atoms with Crippen LogP contribution in [0.5, 0.6) is 0 Å². The molecule has 0 spiro atoms. The third-order valence-electron chi connectivity index (χ3n) is 4.73. The van der Waals surface area contributed by atoms with Gasteiger partial charge in [-0.05, 0) is 37.3 Å². The van der Waals surface area contributed by atoms with E-state index in [-0.39, 0.29) is 36.6 Å². The van der Waals surface area contributed by atoms with Gasteiger partial charge >= 0.3 is 0 Å². The molecule has 1 unspecified atom stereocenters. The summed E-state index contributed by atoms with van der Waals surface area (Å²) in [5, 5.41) is 5.56. The Kier molecular flexibility index (Phi) is 5.13. The number of rotatable bonds is 5. The van der Waals surface area contributed by atoms with Crippen LogP contribution in [0.3, 0.4) is 0 Å². The second kappa shape index (κ2) is 7.47. The van der Waals surface area contributed by atoms with Crippen molar-refractivity contribution in [3.05, 3.63) is 29.8 Å². The summed E-state index contributed by atoms with van der Waals surface area (Å²) in [7, 11) is 0. The lowest BCUT2D eigenvalue weighted by atomic mass is 9.89. The van der Waals surface area contributed by atoms with Gasteiger partial charge in [0.25, 0.3) is 0 Å². The van der Waals surface area contributed by atoms with Crippen molar-refractivity contribution in [2.75, 3.05) is 25.0 Å². The third kappa shape index (κ3) is 3.93. The first-order valence-electron chi connectivity index (χ1n) is 8.57. The summed E-state index contributed by atoms with van der Waals surface area (Å²) in [4.78, 5) is 37.7. The summed E-state index contributed by atoms with van der Waals surface area (Å²) in [6, 6.07) is 7.73. The number of nitrogens with zero attached hydrogens (tertiary/aromatic N) is 1. The molecule has 1 aromatic carbocycles. The van der Waals surface area contributed by atoms with E-state index in [4.69, 9.17) is 0 Å². The Morgan fingerprint density at radius 1 is 1.21 bits per heavy atom. The number of hydrogen-bond donors (Lipinski definition) is 2. The predicted molar refractivity (Wildman–Crippen MR) is 90.3 cm³/mol. The van der Waals surface area contributed by atoms with E-state index in [1.54, 1.807) is 4.90 Å². The number of likely N-dealkylation sites (tertiary alicyclic amines) is 1. The molecule has 128 valence electrons. The number of carbonyl (C=O) groups is 3.